The third-order valence-corrected chi connectivity index (χ3v) is 6.25. The van der Waals surface area contributed by atoms with E-state index in [-0.39, 0.29) is 6.04 Å². The van der Waals surface area contributed by atoms with Gasteiger partial charge < -0.3 is 4.90 Å². The molecule has 1 amide bonds. The van der Waals surface area contributed by atoms with Gasteiger partial charge in [-0.05, 0) is 50.4 Å². The number of nitrogens with one attached hydrogen (secondary N) is 1. The van der Waals surface area contributed by atoms with E-state index in [9.17, 15) is 4.79 Å². The number of hydrogen-bond acceptors (Lipinski definition) is 2. The van der Waals surface area contributed by atoms with Crippen LogP contribution in [0.5, 0.6) is 0 Å². The fourth-order valence-corrected chi connectivity index (χ4v) is 4.77. The zero-order valence-electron chi connectivity index (χ0n) is 13.8. The summed E-state index contributed by atoms with van der Waals surface area (Å²) in [5.74, 6) is 2.74. The Morgan fingerprint density at radius 1 is 1.05 bits per heavy atom. The molecule has 1 saturated heterocycles. The van der Waals surface area contributed by atoms with E-state index < -0.39 is 0 Å². The first-order valence-corrected chi connectivity index (χ1v) is 9.25. The van der Waals surface area contributed by atoms with Crippen molar-refractivity contribution in [3.05, 3.63) is 0 Å². The van der Waals surface area contributed by atoms with Crippen molar-refractivity contribution >= 4 is 5.91 Å². The number of nitrogens with zero attached hydrogens (tertiary/aromatic N) is 1. The molecule has 0 aromatic heterocycles. The minimum absolute atomic E-state index is 0.0302. The van der Waals surface area contributed by atoms with Crippen molar-refractivity contribution in [3.8, 4) is 0 Å². The van der Waals surface area contributed by atoms with Crippen LogP contribution >= 0.6 is 0 Å². The fourth-order valence-electron chi connectivity index (χ4n) is 4.77. The summed E-state index contributed by atoms with van der Waals surface area (Å²) >= 11 is 0. The van der Waals surface area contributed by atoms with Gasteiger partial charge in [0.1, 0.15) is 0 Å². The summed E-state index contributed by atoms with van der Waals surface area (Å²) in [4.78, 5) is 14.7. The van der Waals surface area contributed by atoms with Gasteiger partial charge in [0.15, 0.2) is 0 Å². The number of rotatable bonds is 4. The molecular weight excluding hydrogens is 260 g/mol. The van der Waals surface area contributed by atoms with Crippen LogP contribution in [0.2, 0.25) is 0 Å². The van der Waals surface area contributed by atoms with Gasteiger partial charge in [-0.1, -0.05) is 39.0 Å². The van der Waals surface area contributed by atoms with Gasteiger partial charge in [0.2, 0.25) is 5.91 Å². The SMILES string of the molecule is CCC1CCC(CN2C(=O)C(C)NC2C2CCCC2)CC1. The molecular formula is C18H32N2O. The normalized spacial score (nSPS) is 38.4. The van der Waals surface area contributed by atoms with Gasteiger partial charge in [0, 0.05) is 6.54 Å². The third-order valence-electron chi connectivity index (χ3n) is 6.25. The minimum Gasteiger partial charge on any atom is -0.325 e. The maximum absolute atomic E-state index is 12.5. The van der Waals surface area contributed by atoms with E-state index in [4.69, 9.17) is 0 Å². The smallest absolute Gasteiger partial charge is 0.240 e. The van der Waals surface area contributed by atoms with E-state index in [1.54, 1.807) is 0 Å². The zero-order chi connectivity index (χ0) is 14.8. The van der Waals surface area contributed by atoms with Crippen LogP contribution in [0.15, 0.2) is 0 Å². The Balaban J connectivity index is 1.60. The third kappa shape index (κ3) is 3.28. The molecule has 2 aliphatic carbocycles. The minimum atomic E-state index is 0.0302. The molecule has 0 bridgehead atoms. The number of hydrogen-bond donors (Lipinski definition) is 1. The summed E-state index contributed by atoms with van der Waals surface area (Å²) in [5.41, 5.74) is 0. The van der Waals surface area contributed by atoms with E-state index in [0.29, 0.717) is 18.0 Å². The van der Waals surface area contributed by atoms with E-state index in [1.807, 2.05) is 6.92 Å². The predicted octanol–water partition coefficient (Wildman–Crippen LogP) is 3.54. The first kappa shape index (κ1) is 15.3. The predicted molar refractivity (Wildman–Crippen MR) is 85.8 cm³/mol. The first-order chi connectivity index (χ1) is 10.2. The van der Waals surface area contributed by atoms with E-state index in [1.165, 1.54) is 57.8 Å². The Kier molecular flexibility index (Phi) is 4.88. The molecule has 0 spiro atoms. The molecule has 1 heterocycles. The van der Waals surface area contributed by atoms with Gasteiger partial charge >= 0.3 is 0 Å². The molecule has 3 heteroatoms. The maximum Gasteiger partial charge on any atom is 0.240 e. The summed E-state index contributed by atoms with van der Waals surface area (Å²) in [6.07, 6.45) is 12.4. The highest BCUT2D eigenvalue weighted by molar-refractivity contribution is 5.84. The van der Waals surface area contributed by atoms with Crippen LogP contribution in [-0.2, 0) is 4.79 Å². The second kappa shape index (κ2) is 6.68. The number of carbonyl (C=O) groups is 1. The monoisotopic (exact) mass is 292 g/mol. The van der Waals surface area contributed by atoms with Crippen LogP contribution in [-0.4, -0.2) is 29.6 Å². The van der Waals surface area contributed by atoms with Crippen molar-refractivity contribution in [2.24, 2.45) is 17.8 Å². The van der Waals surface area contributed by atoms with Crippen LogP contribution in [0, 0.1) is 17.8 Å². The van der Waals surface area contributed by atoms with Gasteiger partial charge in [-0.3, -0.25) is 10.1 Å². The summed E-state index contributed by atoms with van der Waals surface area (Å²) in [6, 6.07) is 0.0302. The summed E-state index contributed by atoms with van der Waals surface area (Å²) in [6.45, 7) is 5.36. The Labute approximate surface area is 129 Å². The maximum atomic E-state index is 12.5. The lowest BCUT2D eigenvalue weighted by molar-refractivity contribution is -0.131. The molecule has 3 fully saturated rings. The first-order valence-electron chi connectivity index (χ1n) is 9.25. The van der Waals surface area contributed by atoms with Crippen LogP contribution in [0.4, 0.5) is 0 Å². The lowest BCUT2D eigenvalue weighted by Gasteiger charge is -2.35. The average molecular weight is 292 g/mol. The van der Waals surface area contributed by atoms with Crippen LogP contribution in [0.3, 0.4) is 0 Å². The van der Waals surface area contributed by atoms with Crippen molar-refractivity contribution in [3.63, 3.8) is 0 Å². The molecule has 1 aliphatic heterocycles. The van der Waals surface area contributed by atoms with Crippen LogP contribution < -0.4 is 5.32 Å². The fraction of sp³-hybridized carbons (Fsp3) is 0.944. The highest BCUT2D eigenvalue weighted by atomic mass is 16.2. The summed E-state index contributed by atoms with van der Waals surface area (Å²) in [7, 11) is 0. The second-order valence-electron chi connectivity index (χ2n) is 7.66. The van der Waals surface area contributed by atoms with Crippen molar-refractivity contribution in [1.82, 2.24) is 10.2 Å². The van der Waals surface area contributed by atoms with Crippen molar-refractivity contribution in [2.45, 2.75) is 83.8 Å². The molecule has 0 aromatic rings. The molecule has 1 N–H and O–H groups in total. The van der Waals surface area contributed by atoms with Gasteiger partial charge in [0.25, 0.3) is 0 Å². The molecule has 0 radical (unpaired) electrons. The molecule has 2 unspecified atom stereocenters. The van der Waals surface area contributed by atoms with E-state index >= 15 is 0 Å². The van der Waals surface area contributed by atoms with Gasteiger partial charge in [-0.15, -0.1) is 0 Å². The quantitative estimate of drug-likeness (QED) is 0.859. The van der Waals surface area contributed by atoms with Crippen molar-refractivity contribution in [2.75, 3.05) is 6.54 Å². The molecule has 120 valence electrons. The lowest BCUT2D eigenvalue weighted by Crippen LogP contribution is -2.45. The highest BCUT2D eigenvalue weighted by Crippen LogP contribution is 2.35. The van der Waals surface area contributed by atoms with Crippen LogP contribution in [0.25, 0.3) is 0 Å². The Hall–Kier alpha value is -0.570. The Morgan fingerprint density at radius 2 is 1.67 bits per heavy atom. The number of amides is 1. The Bertz CT molecular complexity index is 356. The van der Waals surface area contributed by atoms with Crippen molar-refractivity contribution in [1.29, 1.82) is 0 Å². The standard InChI is InChI=1S/C18H32N2O/c1-3-14-8-10-15(11-9-14)12-20-17(16-6-4-5-7-16)19-13(2)18(20)21/h13-17,19H,3-12H2,1-2H3. The van der Waals surface area contributed by atoms with Gasteiger partial charge in [0.05, 0.1) is 12.2 Å². The molecule has 2 saturated carbocycles. The molecule has 21 heavy (non-hydrogen) atoms. The average Bonchev–Trinajstić information content (AvgIpc) is 3.12. The van der Waals surface area contributed by atoms with E-state index in [2.05, 4.69) is 17.1 Å². The summed E-state index contributed by atoms with van der Waals surface area (Å²) < 4.78 is 0. The molecule has 3 nitrogen and oxygen atoms in total. The largest absolute Gasteiger partial charge is 0.325 e. The zero-order valence-corrected chi connectivity index (χ0v) is 13.8. The molecule has 2 atom stereocenters. The number of carbonyl (C=O) groups excluding carboxylic acids is 1. The lowest BCUT2D eigenvalue weighted by atomic mass is 9.80. The molecule has 3 aliphatic rings. The molecule has 3 rings (SSSR count). The van der Waals surface area contributed by atoms with E-state index in [0.717, 1.165) is 18.4 Å². The second-order valence-corrected chi connectivity index (χ2v) is 7.66. The molecule has 0 aromatic carbocycles. The van der Waals surface area contributed by atoms with Crippen LogP contribution in [0.1, 0.15) is 71.6 Å². The highest BCUT2D eigenvalue weighted by Gasteiger charge is 2.42. The summed E-state index contributed by atoms with van der Waals surface area (Å²) in [5, 5.41) is 3.58. The van der Waals surface area contributed by atoms with Crippen molar-refractivity contribution < 1.29 is 4.79 Å². The van der Waals surface area contributed by atoms with Gasteiger partial charge in [-0.2, -0.15) is 0 Å². The Morgan fingerprint density at radius 3 is 2.29 bits per heavy atom. The topological polar surface area (TPSA) is 32.3 Å². The van der Waals surface area contributed by atoms with Gasteiger partial charge in [-0.25, -0.2) is 0 Å².